The van der Waals surface area contributed by atoms with Gasteiger partial charge in [0, 0.05) is 16.5 Å². The Balaban J connectivity index is 1.63. The maximum Gasteiger partial charge on any atom is 0.205 e. The number of nitrogens with one attached hydrogen (secondary N) is 1. The molecule has 3 N–H and O–H groups in total. The van der Waals surface area contributed by atoms with Gasteiger partial charge in [-0.1, -0.05) is 48.5 Å². The van der Waals surface area contributed by atoms with E-state index < -0.39 is 0 Å². The van der Waals surface area contributed by atoms with Crippen LogP contribution in [0.5, 0.6) is 5.75 Å². The number of anilines is 2. The van der Waals surface area contributed by atoms with Crippen LogP contribution in [0.25, 0.3) is 10.8 Å². The number of benzene rings is 3. The fourth-order valence-corrected chi connectivity index (χ4v) is 3.34. The first-order chi connectivity index (χ1) is 13.7. The van der Waals surface area contributed by atoms with Crippen LogP contribution in [0.4, 0.5) is 15.3 Å². The highest BCUT2D eigenvalue weighted by atomic mass is 32.1. The number of hydrazone groups is 1. The summed E-state index contributed by atoms with van der Waals surface area (Å²) in [5.41, 5.74) is 9.79. The molecular formula is C21H17FN4OS. The number of ether oxygens (including phenoxy) is 1. The second kappa shape index (κ2) is 8.06. The van der Waals surface area contributed by atoms with Crippen LogP contribution in [0, 0.1) is 5.82 Å². The third-order valence-electron chi connectivity index (χ3n) is 4.15. The lowest BCUT2D eigenvalue weighted by molar-refractivity contribution is 0.300. The molecule has 0 amide bonds. The topological polar surface area (TPSA) is 72.5 Å². The van der Waals surface area contributed by atoms with Crippen molar-refractivity contribution in [3.05, 3.63) is 83.0 Å². The number of nitrogen functional groups attached to an aromatic ring is 1. The number of halogens is 1. The van der Waals surface area contributed by atoms with Gasteiger partial charge in [0.25, 0.3) is 0 Å². The van der Waals surface area contributed by atoms with Crippen molar-refractivity contribution in [3.63, 3.8) is 0 Å². The Bertz CT molecular complexity index is 1140. The number of hydrogen-bond acceptors (Lipinski definition) is 6. The molecule has 140 valence electrons. The highest BCUT2D eigenvalue weighted by Gasteiger charge is 2.09. The zero-order valence-corrected chi connectivity index (χ0v) is 15.6. The summed E-state index contributed by atoms with van der Waals surface area (Å²) in [5.74, 6) is 0.773. The molecule has 0 bridgehead atoms. The van der Waals surface area contributed by atoms with Gasteiger partial charge in [0.1, 0.15) is 24.0 Å². The molecule has 0 fully saturated rings. The number of rotatable bonds is 6. The van der Waals surface area contributed by atoms with E-state index in [0.717, 1.165) is 16.3 Å². The van der Waals surface area contributed by atoms with Crippen LogP contribution in [0.2, 0.25) is 0 Å². The summed E-state index contributed by atoms with van der Waals surface area (Å²) in [5, 5.41) is 8.65. The molecule has 0 saturated carbocycles. The first-order valence-corrected chi connectivity index (χ1v) is 9.47. The van der Waals surface area contributed by atoms with Gasteiger partial charge >= 0.3 is 0 Å². The Kier molecular flexibility index (Phi) is 5.16. The fraction of sp³-hybridized carbons (Fsp3) is 0.0476. The monoisotopic (exact) mass is 392 g/mol. The molecular weight excluding hydrogens is 375 g/mol. The third-order valence-corrected chi connectivity index (χ3v) is 4.91. The normalized spacial score (nSPS) is 11.2. The zero-order chi connectivity index (χ0) is 19.3. The first kappa shape index (κ1) is 17.9. The number of nitrogens with zero attached hydrogens (tertiary/aromatic N) is 2. The second-order valence-corrected chi connectivity index (χ2v) is 6.88. The molecule has 1 aromatic heterocycles. The molecule has 28 heavy (non-hydrogen) atoms. The standard InChI is InChI=1S/C21H17FN4OS/c22-18-8-4-2-6-15(18)12-27-19-10-9-14-5-1-3-7-16(14)17(19)11-24-26-21-25-20(23)13-28-21/h1-11,13H,12,23H2,(H,25,26). The van der Waals surface area contributed by atoms with Gasteiger partial charge in [-0.25, -0.2) is 9.37 Å². The molecule has 5 nitrogen and oxygen atoms in total. The lowest BCUT2D eigenvalue weighted by atomic mass is 10.0. The molecule has 4 rings (SSSR count). The van der Waals surface area contributed by atoms with Crippen LogP contribution >= 0.6 is 11.3 Å². The van der Waals surface area contributed by atoms with E-state index in [2.05, 4.69) is 15.5 Å². The minimum atomic E-state index is -0.290. The van der Waals surface area contributed by atoms with Gasteiger partial charge in [-0.15, -0.1) is 11.3 Å². The van der Waals surface area contributed by atoms with Gasteiger partial charge < -0.3 is 10.5 Å². The Morgan fingerprint density at radius 3 is 2.75 bits per heavy atom. The van der Waals surface area contributed by atoms with Gasteiger partial charge in [-0.3, -0.25) is 5.43 Å². The van der Waals surface area contributed by atoms with E-state index in [9.17, 15) is 4.39 Å². The van der Waals surface area contributed by atoms with Gasteiger partial charge in [0.15, 0.2) is 0 Å². The van der Waals surface area contributed by atoms with Crippen LogP contribution in [-0.2, 0) is 6.61 Å². The number of fused-ring (bicyclic) bond motifs is 1. The molecule has 0 radical (unpaired) electrons. The van der Waals surface area contributed by atoms with Crippen LogP contribution in [0.15, 0.2) is 71.1 Å². The van der Waals surface area contributed by atoms with Gasteiger partial charge in [0.2, 0.25) is 5.13 Å². The van der Waals surface area contributed by atoms with Crippen molar-refractivity contribution in [2.24, 2.45) is 5.10 Å². The van der Waals surface area contributed by atoms with Crippen LogP contribution in [-0.4, -0.2) is 11.2 Å². The molecule has 0 aliphatic rings. The summed E-state index contributed by atoms with van der Waals surface area (Å²) in [6.45, 7) is 0.127. The quantitative estimate of drug-likeness (QED) is 0.356. The fourth-order valence-electron chi connectivity index (χ4n) is 2.80. The highest BCUT2D eigenvalue weighted by Crippen LogP contribution is 2.28. The zero-order valence-electron chi connectivity index (χ0n) is 14.8. The molecule has 4 aromatic rings. The van der Waals surface area contributed by atoms with Crippen molar-refractivity contribution in [1.82, 2.24) is 4.98 Å². The maximum absolute atomic E-state index is 13.9. The summed E-state index contributed by atoms with van der Waals surface area (Å²) in [7, 11) is 0. The largest absolute Gasteiger partial charge is 0.488 e. The molecule has 7 heteroatoms. The average Bonchev–Trinajstić information content (AvgIpc) is 3.13. The van der Waals surface area contributed by atoms with E-state index >= 15 is 0 Å². The Morgan fingerprint density at radius 1 is 1.11 bits per heavy atom. The van der Waals surface area contributed by atoms with Crippen molar-refractivity contribution in [2.75, 3.05) is 11.2 Å². The van der Waals surface area contributed by atoms with Gasteiger partial charge in [-0.05, 0) is 22.9 Å². The van der Waals surface area contributed by atoms with E-state index in [1.54, 1.807) is 29.8 Å². The summed E-state index contributed by atoms with van der Waals surface area (Å²) >= 11 is 1.37. The maximum atomic E-state index is 13.9. The molecule has 0 spiro atoms. The molecule has 0 saturated heterocycles. The lowest BCUT2D eigenvalue weighted by Crippen LogP contribution is -2.01. The first-order valence-electron chi connectivity index (χ1n) is 8.59. The van der Waals surface area contributed by atoms with Crippen molar-refractivity contribution in [2.45, 2.75) is 6.61 Å². The highest BCUT2D eigenvalue weighted by molar-refractivity contribution is 7.14. The van der Waals surface area contributed by atoms with E-state index in [4.69, 9.17) is 10.5 Å². The van der Waals surface area contributed by atoms with Crippen LogP contribution in [0.3, 0.4) is 0 Å². The molecule has 3 aromatic carbocycles. The molecule has 0 atom stereocenters. The van der Waals surface area contributed by atoms with Crippen molar-refractivity contribution in [3.8, 4) is 5.75 Å². The summed E-state index contributed by atoms with van der Waals surface area (Å²) in [6.07, 6.45) is 1.68. The SMILES string of the molecule is Nc1csc(NN=Cc2c(OCc3ccccc3F)ccc3ccccc23)n1. The predicted octanol–water partition coefficient (Wildman–Crippen LogP) is 5.04. The van der Waals surface area contributed by atoms with Gasteiger partial charge in [0.05, 0.1) is 6.21 Å². The number of thiazole rings is 1. The number of aromatic nitrogens is 1. The van der Waals surface area contributed by atoms with Crippen molar-refractivity contribution < 1.29 is 9.13 Å². The van der Waals surface area contributed by atoms with E-state index in [0.29, 0.717) is 22.3 Å². The van der Waals surface area contributed by atoms with Crippen LogP contribution < -0.4 is 15.9 Å². The molecule has 0 unspecified atom stereocenters. The minimum Gasteiger partial charge on any atom is -0.488 e. The second-order valence-electron chi connectivity index (χ2n) is 6.03. The smallest absolute Gasteiger partial charge is 0.205 e. The summed E-state index contributed by atoms with van der Waals surface area (Å²) in [6, 6.07) is 18.3. The summed E-state index contributed by atoms with van der Waals surface area (Å²) < 4.78 is 19.8. The Labute approximate surface area is 165 Å². The lowest BCUT2D eigenvalue weighted by Gasteiger charge is -2.12. The van der Waals surface area contributed by atoms with E-state index in [-0.39, 0.29) is 12.4 Å². The number of nitrogens with two attached hydrogens (primary N) is 1. The summed E-state index contributed by atoms with van der Waals surface area (Å²) in [4.78, 5) is 4.11. The molecule has 1 heterocycles. The Hall–Kier alpha value is -3.45. The molecule has 0 aliphatic heterocycles. The number of hydrogen-bond donors (Lipinski definition) is 2. The van der Waals surface area contributed by atoms with Crippen LogP contribution in [0.1, 0.15) is 11.1 Å². The molecule has 0 aliphatic carbocycles. The van der Waals surface area contributed by atoms with Gasteiger partial charge in [-0.2, -0.15) is 5.10 Å². The van der Waals surface area contributed by atoms with E-state index in [1.807, 2.05) is 36.4 Å². The van der Waals surface area contributed by atoms with Crippen molar-refractivity contribution in [1.29, 1.82) is 0 Å². The Morgan fingerprint density at radius 2 is 1.93 bits per heavy atom. The predicted molar refractivity (Wildman–Crippen MR) is 112 cm³/mol. The van der Waals surface area contributed by atoms with Crippen molar-refractivity contribution >= 4 is 39.3 Å². The third kappa shape index (κ3) is 3.94. The van der Waals surface area contributed by atoms with E-state index in [1.165, 1.54) is 17.4 Å². The minimum absolute atomic E-state index is 0.127. The average molecular weight is 392 g/mol.